The Morgan fingerprint density at radius 2 is 1.21 bits per heavy atom. The first kappa shape index (κ1) is 34.0. The van der Waals surface area contributed by atoms with Crippen molar-refractivity contribution in [1.29, 1.82) is 0 Å². The van der Waals surface area contributed by atoms with Gasteiger partial charge in [-0.15, -0.1) is 0 Å². The van der Waals surface area contributed by atoms with E-state index in [0.29, 0.717) is 17.6 Å². The Bertz CT molecular complexity index is 486. The lowest BCUT2D eigenvalue weighted by molar-refractivity contribution is -0.870. The van der Waals surface area contributed by atoms with Gasteiger partial charge in [0.2, 0.25) is 0 Å². The molecule has 2 unspecified atom stereocenters. The second kappa shape index (κ2) is 22.2. The maximum atomic E-state index is 11.9. The molecular formula is C26H56NO6P. The van der Waals surface area contributed by atoms with E-state index in [4.69, 9.17) is 13.8 Å². The second-order valence-electron chi connectivity index (χ2n) is 10.6. The summed E-state index contributed by atoms with van der Waals surface area (Å²) in [4.78, 5) is 11.9. The quantitative estimate of drug-likeness (QED) is 0.0896. The van der Waals surface area contributed by atoms with Gasteiger partial charge in [-0.25, -0.2) is 0 Å². The van der Waals surface area contributed by atoms with Crippen molar-refractivity contribution < 1.29 is 32.8 Å². The van der Waals surface area contributed by atoms with Gasteiger partial charge in [-0.2, -0.15) is 0 Å². The van der Waals surface area contributed by atoms with Crippen LogP contribution in [0.1, 0.15) is 110 Å². The molecule has 0 heterocycles. The molecule has 2 atom stereocenters. The van der Waals surface area contributed by atoms with Crippen molar-refractivity contribution >= 4 is 7.82 Å². The van der Waals surface area contributed by atoms with Crippen molar-refractivity contribution in [2.45, 2.75) is 116 Å². The molecule has 0 fully saturated rings. The highest BCUT2D eigenvalue weighted by Gasteiger charge is 2.19. The topological polar surface area (TPSA) is 88.0 Å². The van der Waals surface area contributed by atoms with Gasteiger partial charge < -0.3 is 28.3 Å². The summed E-state index contributed by atoms with van der Waals surface area (Å²) in [6.07, 6.45) is 20.2. The summed E-state index contributed by atoms with van der Waals surface area (Å²) < 4.78 is 27.8. The fraction of sp³-hybridized carbons (Fsp3) is 1.00. The van der Waals surface area contributed by atoms with E-state index in [0.717, 1.165) is 12.8 Å². The number of nitrogens with zero attached hydrogens (tertiary/aromatic N) is 1. The molecule has 0 rings (SSSR count). The van der Waals surface area contributed by atoms with Gasteiger partial charge >= 0.3 is 0 Å². The molecule has 0 aliphatic rings. The zero-order chi connectivity index (χ0) is 25.5. The van der Waals surface area contributed by atoms with Crippen molar-refractivity contribution in [3.63, 3.8) is 0 Å². The van der Waals surface area contributed by atoms with Gasteiger partial charge in [0.1, 0.15) is 19.3 Å². The highest BCUT2D eigenvalue weighted by Crippen LogP contribution is 2.39. The first-order valence-electron chi connectivity index (χ1n) is 13.8. The number of aliphatic hydroxyl groups is 1. The highest BCUT2D eigenvalue weighted by atomic mass is 31.2. The zero-order valence-corrected chi connectivity index (χ0v) is 23.7. The summed E-state index contributed by atoms with van der Waals surface area (Å²) in [7, 11) is 1.40. The van der Waals surface area contributed by atoms with Gasteiger partial charge in [-0.3, -0.25) is 4.57 Å². The van der Waals surface area contributed by atoms with Crippen molar-refractivity contribution in [3.05, 3.63) is 0 Å². The molecule has 0 aliphatic carbocycles. The van der Waals surface area contributed by atoms with Crippen LogP contribution < -0.4 is 4.89 Å². The number of likely N-dealkylation sites (N-methyl/N-ethyl adjacent to an activating group) is 1. The lowest BCUT2D eigenvalue weighted by Gasteiger charge is -2.29. The fourth-order valence-electron chi connectivity index (χ4n) is 3.72. The Hall–Kier alpha value is -0.0100. The first-order chi connectivity index (χ1) is 16.2. The van der Waals surface area contributed by atoms with Crippen LogP contribution in [0.25, 0.3) is 0 Å². The van der Waals surface area contributed by atoms with Crippen LogP contribution in [0.15, 0.2) is 0 Å². The van der Waals surface area contributed by atoms with E-state index in [2.05, 4.69) is 6.92 Å². The van der Waals surface area contributed by atoms with E-state index in [9.17, 15) is 14.6 Å². The molecule has 0 spiro atoms. The van der Waals surface area contributed by atoms with Gasteiger partial charge in [0.05, 0.1) is 34.4 Å². The Labute approximate surface area is 210 Å². The molecule has 0 aliphatic heterocycles. The Morgan fingerprint density at radius 3 is 1.62 bits per heavy atom. The lowest BCUT2D eigenvalue weighted by Crippen LogP contribution is -2.37. The first-order valence-corrected chi connectivity index (χ1v) is 15.3. The normalized spacial score (nSPS) is 14.9. The number of phosphoric acid groups is 1. The van der Waals surface area contributed by atoms with E-state index in [1.807, 2.05) is 21.1 Å². The molecule has 206 valence electrons. The second-order valence-corrected chi connectivity index (χ2v) is 11.9. The average Bonchev–Trinajstić information content (AvgIpc) is 2.76. The molecule has 0 aromatic rings. The molecule has 0 saturated carbocycles. The minimum absolute atomic E-state index is 0.0418. The van der Waals surface area contributed by atoms with Gasteiger partial charge in [0.25, 0.3) is 7.82 Å². The monoisotopic (exact) mass is 509 g/mol. The van der Waals surface area contributed by atoms with E-state index in [-0.39, 0.29) is 13.2 Å². The van der Waals surface area contributed by atoms with Crippen LogP contribution in [0, 0.1) is 0 Å². The molecule has 0 bridgehead atoms. The van der Waals surface area contributed by atoms with Crippen LogP contribution in [-0.4, -0.2) is 69.8 Å². The third-order valence-electron chi connectivity index (χ3n) is 5.94. The summed E-state index contributed by atoms with van der Waals surface area (Å²) in [5.74, 6) is 0. The molecule has 0 saturated heterocycles. The molecule has 1 N–H and O–H groups in total. The van der Waals surface area contributed by atoms with Crippen LogP contribution in [0.3, 0.4) is 0 Å². The number of phosphoric ester groups is 1. The van der Waals surface area contributed by atoms with Crippen LogP contribution in [0.5, 0.6) is 0 Å². The van der Waals surface area contributed by atoms with E-state index in [1.54, 1.807) is 0 Å². The van der Waals surface area contributed by atoms with Crippen molar-refractivity contribution in [3.8, 4) is 0 Å². The number of hydrogen-bond acceptors (Lipinski definition) is 6. The summed E-state index contributed by atoms with van der Waals surface area (Å²) in [5.41, 5.74) is 0. The van der Waals surface area contributed by atoms with Gasteiger partial charge in [0.15, 0.2) is 0 Å². The van der Waals surface area contributed by atoms with Crippen LogP contribution >= 0.6 is 7.82 Å². The fourth-order valence-corrected chi connectivity index (χ4v) is 4.58. The molecular weight excluding hydrogens is 453 g/mol. The summed E-state index contributed by atoms with van der Waals surface area (Å²) in [5, 5.41) is 9.36. The van der Waals surface area contributed by atoms with Gasteiger partial charge in [-0.1, -0.05) is 103 Å². The number of ether oxygens (including phenoxy) is 1. The highest BCUT2D eigenvalue weighted by molar-refractivity contribution is 7.45. The predicted molar refractivity (Wildman–Crippen MR) is 139 cm³/mol. The summed E-state index contributed by atoms with van der Waals surface area (Å²) >= 11 is 0. The molecule has 7 nitrogen and oxygen atoms in total. The maximum Gasteiger partial charge on any atom is 0.268 e. The minimum atomic E-state index is -4.45. The van der Waals surface area contributed by atoms with E-state index < -0.39 is 20.5 Å². The molecule has 34 heavy (non-hydrogen) atoms. The van der Waals surface area contributed by atoms with Crippen molar-refractivity contribution in [2.75, 3.05) is 54.1 Å². The Morgan fingerprint density at radius 1 is 0.765 bits per heavy atom. The third-order valence-corrected chi connectivity index (χ3v) is 6.99. The predicted octanol–water partition coefficient (Wildman–Crippen LogP) is 5.83. The minimum Gasteiger partial charge on any atom is -0.756 e. The maximum absolute atomic E-state index is 11.9. The largest absolute Gasteiger partial charge is 0.756 e. The smallest absolute Gasteiger partial charge is 0.268 e. The zero-order valence-electron chi connectivity index (χ0n) is 22.8. The lowest BCUT2D eigenvalue weighted by atomic mass is 10.0. The molecule has 8 heteroatoms. The number of unbranched alkanes of at least 4 members (excludes halogenated alkanes) is 15. The number of rotatable bonds is 26. The molecule has 0 aromatic carbocycles. The van der Waals surface area contributed by atoms with E-state index in [1.165, 1.54) is 89.9 Å². The third kappa shape index (κ3) is 25.1. The molecule has 0 aromatic heterocycles. The van der Waals surface area contributed by atoms with Gasteiger partial charge in [-0.05, 0) is 6.42 Å². The number of quaternary nitrogens is 1. The molecule has 0 amide bonds. The van der Waals surface area contributed by atoms with Crippen molar-refractivity contribution in [1.82, 2.24) is 0 Å². The van der Waals surface area contributed by atoms with Gasteiger partial charge in [0, 0.05) is 6.61 Å². The summed E-state index contributed by atoms with van der Waals surface area (Å²) in [6.45, 7) is 3.01. The van der Waals surface area contributed by atoms with Crippen molar-refractivity contribution in [2.24, 2.45) is 0 Å². The van der Waals surface area contributed by atoms with Crippen LogP contribution in [0.4, 0.5) is 0 Å². The Balaban J connectivity index is 3.49. The SMILES string of the molecule is CCCCCCCCCCCCCCCCCCOCC(CO)OP(=O)([O-])OCC[N+](C)(C)C. The summed E-state index contributed by atoms with van der Waals surface area (Å²) in [6, 6.07) is 0. The molecule has 0 radical (unpaired) electrons. The average molecular weight is 510 g/mol. The Kier molecular flexibility index (Phi) is 22.2. The number of hydrogen-bond donors (Lipinski definition) is 1. The standard InChI is InChI=1S/C26H56NO6P/c1-5-6-7-8-9-10-11-12-13-14-15-16-17-18-19-20-22-31-25-26(24-28)33-34(29,30)32-23-21-27(2,3)4/h26,28H,5-25H2,1-4H3. The van der Waals surface area contributed by atoms with Crippen LogP contribution in [0.2, 0.25) is 0 Å². The van der Waals surface area contributed by atoms with E-state index >= 15 is 0 Å². The number of aliphatic hydroxyl groups excluding tert-OH is 1. The van der Waals surface area contributed by atoms with Crippen LogP contribution in [-0.2, 0) is 18.3 Å².